The second-order valence-electron chi connectivity index (χ2n) is 4.19. The maximum absolute atomic E-state index is 9.59. The SMILES string of the molecule is CC1CC2CC(C)N1CC2O. The molecule has 3 saturated heterocycles. The highest BCUT2D eigenvalue weighted by Crippen LogP contribution is 2.35. The third kappa shape index (κ3) is 1.09. The third-order valence-electron chi connectivity index (χ3n) is 3.36. The maximum Gasteiger partial charge on any atom is 0.0696 e. The summed E-state index contributed by atoms with van der Waals surface area (Å²) in [6, 6.07) is 1.40. The Labute approximate surface area is 68.2 Å². The Morgan fingerprint density at radius 3 is 2.09 bits per heavy atom. The van der Waals surface area contributed by atoms with Gasteiger partial charge in [0, 0.05) is 18.6 Å². The monoisotopic (exact) mass is 155 g/mol. The van der Waals surface area contributed by atoms with Crippen molar-refractivity contribution >= 4 is 0 Å². The molecule has 3 atom stereocenters. The zero-order valence-electron chi connectivity index (χ0n) is 7.33. The minimum absolute atomic E-state index is 0.0394. The van der Waals surface area contributed by atoms with Crippen LogP contribution in [-0.4, -0.2) is 34.7 Å². The predicted molar refractivity (Wildman–Crippen MR) is 44.4 cm³/mol. The smallest absolute Gasteiger partial charge is 0.0696 e. The Bertz CT molecular complexity index is 148. The molecule has 3 aliphatic rings. The molecule has 0 aliphatic carbocycles. The highest BCUT2D eigenvalue weighted by Gasteiger charge is 2.40. The summed E-state index contributed by atoms with van der Waals surface area (Å²) < 4.78 is 0. The summed E-state index contributed by atoms with van der Waals surface area (Å²) in [5.41, 5.74) is 0. The Hall–Kier alpha value is -0.0800. The van der Waals surface area contributed by atoms with Crippen LogP contribution in [0.1, 0.15) is 26.7 Å². The standard InChI is InChI=1S/C9H17NO/c1-6-3-8-4-7(2)10(6)5-9(8)11/h6-9,11H,3-5H2,1-2H3. The maximum atomic E-state index is 9.59. The fourth-order valence-corrected chi connectivity index (χ4v) is 2.72. The molecule has 0 aromatic carbocycles. The van der Waals surface area contributed by atoms with Gasteiger partial charge in [-0.05, 0) is 32.6 Å². The molecular weight excluding hydrogens is 138 g/mol. The van der Waals surface area contributed by atoms with Crippen molar-refractivity contribution in [2.24, 2.45) is 5.92 Å². The normalized spacial score (nSPS) is 56.5. The first-order valence-corrected chi connectivity index (χ1v) is 4.62. The van der Waals surface area contributed by atoms with E-state index in [-0.39, 0.29) is 6.10 Å². The van der Waals surface area contributed by atoms with Crippen LogP contribution >= 0.6 is 0 Å². The summed E-state index contributed by atoms with van der Waals surface area (Å²) in [6.45, 7) is 5.45. The Morgan fingerprint density at radius 2 is 1.73 bits per heavy atom. The first-order chi connectivity index (χ1) is 5.18. The Balaban J connectivity index is 2.13. The van der Waals surface area contributed by atoms with Gasteiger partial charge in [-0.1, -0.05) is 0 Å². The number of hydrogen-bond acceptors (Lipinski definition) is 2. The van der Waals surface area contributed by atoms with Gasteiger partial charge in [0.15, 0.2) is 0 Å². The van der Waals surface area contributed by atoms with Crippen molar-refractivity contribution in [2.45, 2.75) is 44.9 Å². The van der Waals surface area contributed by atoms with Gasteiger partial charge in [0.2, 0.25) is 0 Å². The second-order valence-corrected chi connectivity index (χ2v) is 4.19. The van der Waals surface area contributed by atoms with E-state index in [0.717, 1.165) is 6.54 Å². The van der Waals surface area contributed by atoms with Gasteiger partial charge in [-0.25, -0.2) is 0 Å². The number of aliphatic hydroxyl groups excluding tert-OH is 1. The average Bonchev–Trinajstić information content (AvgIpc) is 1.93. The molecule has 0 aromatic rings. The van der Waals surface area contributed by atoms with Crippen molar-refractivity contribution in [3.8, 4) is 0 Å². The number of rotatable bonds is 0. The molecule has 0 aromatic heterocycles. The van der Waals surface area contributed by atoms with Gasteiger partial charge in [-0.15, -0.1) is 0 Å². The highest BCUT2D eigenvalue weighted by molar-refractivity contribution is 4.94. The largest absolute Gasteiger partial charge is 0.392 e. The van der Waals surface area contributed by atoms with Crippen LogP contribution in [-0.2, 0) is 0 Å². The summed E-state index contributed by atoms with van der Waals surface area (Å²) in [6.07, 6.45) is 2.36. The van der Waals surface area contributed by atoms with Crippen LogP contribution < -0.4 is 0 Å². The molecule has 2 nitrogen and oxygen atoms in total. The van der Waals surface area contributed by atoms with E-state index in [0.29, 0.717) is 18.0 Å². The van der Waals surface area contributed by atoms with Gasteiger partial charge in [0.05, 0.1) is 6.10 Å². The van der Waals surface area contributed by atoms with Crippen molar-refractivity contribution in [2.75, 3.05) is 6.54 Å². The predicted octanol–water partition coefficient (Wildman–Crippen LogP) is 0.850. The van der Waals surface area contributed by atoms with Crippen molar-refractivity contribution < 1.29 is 5.11 Å². The summed E-state index contributed by atoms with van der Waals surface area (Å²) in [5.74, 6) is 0.588. The molecule has 11 heavy (non-hydrogen) atoms. The van der Waals surface area contributed by atoms with E-state index in [4.69, 9.17) is 0 Å². The first-order valence-electron chi connectivity index (χ1n) is 4.62. The Morgan fingerprint density at radius 1 is 1.18 bits per heavy atom. The minimum Gasteiger partial charge on any atom is -0.392 e. The summed E-state index contributed by atoms with van der Waals surface area (Å²) in [5, 5.41) is 9.59. The van der Waals surface area contributed by atoms with Crippen LogP contribution in [0.15, 0.2) is 0 Å². The number of aliphatic hydroxyl groups is 1. The van der Waals surface area contributed by atoms with E-state index in [1.54, 1.807) is 0 Å². The van der Waals surface area contributed by atoms with Crippen molar-refractivity contribution in [1.29, 1.82) is 0 Å². The lowest BCUT2D eigenvalue weighted by molar-refractivity contribution is -0.0770. The second kappa shape index (κ2) is 2.46. The molecule has 3 aliphatic heterocycles. The zero-order valence-corrected chi connectivity index (χ0v) is 7.33. The number of fused-ring (bicyclic) bond motifs is 3. The topological polar surface area (TPSA) is 23.5 Å². The van der Waals surface area contributed by atoms with Crippen LogP contribution in [0, 0.1) is 5.92 Å². The quantitative estimate of drug-likeness (QED) is 0.560. The van der Waals surface area contributed by atoms with E-state index in [2.05, 4.69) is 18.7 Å². The molecule has 3 unspecified atom stereocenters. The van der Waals surface area contributed by atoms with Gasteiger partial charge in [-0.3, -0.25) is 4.90 Å². The fourth-order valence-electron chi connectivity index (χ4n) is 2.72. The molecule has 0 saturated carbocycles. The molecule has 2 heteroatoms. The number of piperidine rings is 3. The van der Waals surface area contributed by atoms with E-state index in [1.165, 1.54) is 12.8 Å². The van der Waals surface area contributed by atoms with Crippen molar-refractivity contribution in [1.82, 2.24) is 4.90 Å². The molecule has 1 N–H and O–H groups in total. The highest BCUT2D eigenvalue weighted by atomic mass is 16.3. The molecular formula is C9H17NO. The summed E-state index contributed by atoms with van der Waals surface area (Å²) in [4.78, 5) is 2.44. The molecule has 0 radical (unpaired) electrons. The molecule has 64 valence electrons. The lowest BCUT2D eigenvalue weighted by atomic mass is 9.78. The molecule has 0 amide bonds. The molecule has 2 bridgehead atoms. The molecule has 3 fully saturated rings. The molecule has 0 spiro atoms. The van der Waals surface area contributed by atoms with Crippen LogP contribution in [0.5, 0.6) is 0 Å². The van der Waals surface area contributed by atoms with Crippen LogP contribution in [0.25, 0.3) is 0 Å². The van der Waals surface area contributed by atoms with Gasteiger partial charge in [0.1, 0.15) is 0 Å². The van der Waals surface area contributed by atoms with E-state index >= 15 is 0 Å². The van der Waals surface area contributed by atoms with E-state index in [9.17, 15) is 5.11 Å². The summed E-state index contributed by atoms with van der Waals surface area (Å²) in [7, 11) is 0. The van der Waals surface area contributed by atoms with E-state index < -0.39 is 0 Å². The van der Waals surface area contributed by atoms with Crippen molar-refractivity contribution in [3.63, 3.8) is 0 Å². The zero-order chi connectivity index (χ0) is 8.01. The Kier molecular flexibility index (Phi) is 1.69. The number of nitrogens with zero attached hydrogens (tertiary/aromatic N) is 1. The number of hydrogen-bond donors (Lipinski definition) is 1. The molecule has 3 rings (SSSR count). The lowest BCUT2D eigenvalue weighted by Gasteiger charge is -2.50. The fraction of sp³-hybridized carbons (Fsp3) is 1.00. The van der Waals surface area contributed by atoms with Gasteiger partial charge < -0.3 is 5.11 Å². The van der Waals surface area contributed by atoms with E-state index in [1.807, 2.05) is 0 Å². The third-order valence-corrected chi connectivity index (χ3v) is 3.36. The first kappa shape index (κ1) is 7.56. The van der Waals surface area contributed by atoms with Crippen LogP contribution in [0.3, 0.4) is 0 Å². The lowest BCUT2D eigenvalue weighted by Crippen LogP contribution is -2.58. The van der Waals surface area contributed by atoms with Crippen LogP contribution in [0.4, 0.5) is 0 Å². The van der Waals surface area contributed by atoms with Gasteiger partial charge in [0.25, 0.3) is 0 Å². The van der Waals surface area contributed by atoms with Crippen LogP contribution in [0.2, 0.25) is 0 Å². The van der Waals surface area contributed by atoms with Gasteiger partial charge in [-0.2, -0.15) is 0 Å². The van der Waals surface area contributed by atoms with Crippen molar-refractivity contribution in [3.05, 3.63) is 0 Å². The summed E-state index contributed by atoms with van der Waals surface area (Å²) >= 11 is 0. The minimum atomic E-state index is -0.0394. The van der Waals surface area contributed by atoms with Gasteiger partial charge >= 0.3 is 0 Å². The average molecular weight is 155 g/mol. The molecule has 3 heterocycles.